The number of carbonyl (C=O) groups is 2. The van der Waals surface area contributed by atoms with E-state index in [-0.39, 0.29) is 5.97 Å². The second-order valence-electron chi connectivity index (χ2n) is 14.4. The smallest absolute Gasteiger partial charge is 0.463 e. The molecule has 496 valence electrons. The van der Waals surface area contributed by atoms with E-state index >= 15 is 0 Å². The first kappa shape index (κ1) is 99.7. The Hall–Kier alpha value is -1.26. The summed E-state index contributed by atoms with van der Waals surface area (Å²) in [5, 5.41) is 3.18. The quantitative estimate of drug-likeness (QED) is 0.0386. The Kier molecular flexibility index (Phi) is 87.8. The number of carbonyl (C=O) groups excluding carboxylic acids is 2. The van der Waals surface area contributed by atoms with Crippen molar-refractivity contribution in [2.24, 2.45) is 5.73 Å². The molecule has 0 unspecified atom stereocenters. The zero-order valence-electron chi connectivity index (χ0n) is 54.1. The van der Waals surface area contributed by atoms with Gasteiger partial charge in [-0.2, -0.15) is 0 Å². The molecule has 0 aliphatic rings. The Morgan fingerprint density at radius 2 is 0.646 bits per heavy atom. The van der Waals surface area contributed by atoms with Gasteiger partial charge < -0.3 is 110 Å². The van der Waals surface area contributed by atoms with Crippen LogP contribution in [0.25, 0.3) is 0 Å². The molecule has 0 fully saturated rings. The van der Waals surface area contributed by atoms with Gasteiger partial charge in [-0.15, -0.1) is 0 Å². The van der Waals surface area contributed by atoms with Crippen LogP contribution in [0.4, 0.5) is 0 Å². The monoisotopic (exact) mass is 1340 g/mol. The van der Waals surface area contributed by atoms with Crippen LogP contribution in [-0.2, 0) is 126 Å². The maximum atomic E-state index is 11.3. The van der Waals surface area contributed by atoms with Gasteiger partial charge in [0.15, 0.2) is 0 Å². The minimum Gasteiger partial charge on any atom is -0.463 e. The van der Waals surface area contributed by atoms with Crippen molar-refractivity contribution in [1.29, 1.82) is 0 Å². The Morgan fingerprint density at radius 1 is 0.402 bits per heavy atom. The van der Waals surface area contributed by atoms with Gasteiger partial charge >= 0.3 is 83.4 Å². The molecule has 0 atom stereocenters. The first-order chi connectivity index (χ1) is 39.0. The molecule has 0 aliphatic carbocycles. The summed E-state index contributed by atoms with van der Waals surface area (Å²) in [6.45, 7) is 14.6. The molecule has 0 aromatic carbocycles. The summed E-state index contributed by atoms with van der Waals surface area (Å²) in [5.74, 6) is -0.629. The molecule has 0 saturated carbocycles. The molecular formula is C44H110N2O28Si8. The number of esters is 2. The molecular weight excluding hydrogens is 1230 g/mol. The highest BCUT2D eigenvalue weighted by Gasteiger charge is 2.39. The van der Waals surface area contributed by atoms with E-state index in [1.807, 2.05) is 27.7 Å². The Bertz CT molecular complexity index is 1240. The molecule has 0 saturated heterocycles. The van der Waals surface area contributed by atoms with E-state index in [1.54, 1.807) is 142 Å². The largest absolute Gasteiger partial charge is 0.549 e. The molecule has 0 spiro atoms. The summed E-state index contributed by atoms with van der Waals surface area (Å²) in [7, 11) is 15.7. The lowest BCUT2D eigenvalue weighted by molar-refractivity contribution is -0.144. The van der Waals surface area contributed by atoms with Crippen LogP contribution in [0.3, 0.4) is 0 Å². The summed E-state index contributed by atoms with van der Waals surface area (Å²) >= 11 is 0. The van der Waals surface area contributed by atoms with Crippen LogP contribution < -0.4 is 11.1 Å². The third-order valence-corrected chi connectivity index (χ3v) is 27.2. The number of nitrogens with one attached hydrogen (secondary N) is 1. The van der Waals surface area contributed by atoms with E-state index in [1.165, 1.54) is 0 Å². The standard InChI is InChI=1S/C12H27NO6Si.C6H17NO3Si.C6H10O3.4C5H14O3Si.2O2Si/c1-15-9-10-19-12(14)6-8-13-7-5-11-20(16-2,17-3)18-4;1-8-11(9-2,10-3)6-4-5-7;1-3-6(7)9-5-4-8-2;4*1-5-9(6-2,7-3)8-4;2*1-3-2/h13H,5-11H2,1-4H3;4-7H2,1-3H3;3H,1,4-5H2,2H3;4*5H2,1-4H3;;. The van der Waals surface area contributed by atoms with Crippen LogP contribution in [0, 0.1) is 0 Å². The van der Waals surface area contributed by atoms with Crippen molar-refractivity contribution in [3.8, 4) is 0 Å². The van der Waals surface area contributed by atoms with Crippen LogP contribution in [-0.4, -0.2) is 272 Å². The summed E-state index contributed by atoms with van der Waals surface area (Å²) in [5.41, 5.74) is 5.36. The second kappa shape index (κ2) is 72.2. The third kappa shape index (κ3) is 56.5. The summed E-state index contributed by atoms with van der Waals surface area (Å²) < 4.78 is 145. The number of methoxy groups -OCH3 is 2. The van der Waals surface area contributed by atoms with Gasteiger partial charge in [-0.05, 0) is 25.9 Å². The molecule has 0 aliphatic heterocycles. The highest BCUT2D eigenvalue weighted by Crippen LogP contribution is 2.16. The lowest BCUT2D eigenvalue weighted by atomic mass is 10.4. The summed E-state index contributed by atoms with van der Waals surface area (Å²) in [4.78, 5) is 21.6. The number of hydrogen-bond donors (Lipinski definition) is 2. The van der Waals surface area contributed by atoms with Gasteiger partial charge in [0.05, 0.1) is 19.6 Å². The fourth-order valence-corrected chi connectivity index (χ4v) is 14.4. The average molecular weight is 1340 g/mol. The Labute approximate surface area is 502 Å². The zero-order chi connectivity index (χ0) is 65.9. The van der Waals surface area contributed by atoms with E-state index in [9.17, 15) is 9.59 Å². The molecule has 0 heterocycles. The van der Waals surface area contributed by atoms with E-state index in [4.69, 9.17) is 113 Å². The molecule has 0 bridgehead atoms. The normalized spacial score (nSPS) is 10.8. The topological polar surface area (TPSA) is 344 Å². The lowest BCUT2D eigenvalue weighted by Gasteiger charge is -2.24. The molecule has 0 rings (SSSR count). The Balaban J connectivity index is -0.000000109. The van der Waals surface area contributed by atoms with Crippen LogP contribution in [0.5, 0.6) is 0 Å². The molecule has 82 heavy (non-hydrogen) atoms. The van der Waals surface area contributed by atoms with Gasteiger partial charge in [-0.3, -0.25) is 22.6 Å². The van der Waals surface area contributed by atoms with E-state index in [0.29, 0.717) is 45.9 Å². The first-order valence-electron chi connectivity index (χ1n) is 25.2. The van der Waals surface area contributed by atoms with Crippen LogP contribution >= 0.6 is 0 Å². The highest BCUT2D eigenvalue weighted by atomic mass is 28.4. The van der Waals surface area contributed by atoms with Gasteiger partial charge in [0.2, 0.25) is 0 Å². The number of ether oxygens (including phenoxy) is 4. The van der Waals surface area contributed by atoms with Gasteiger partial charge in [0, 0.05) is 191 Å². The highest BCUT2D eigenvalue weighted by molar-refractivity contribution is 6.62. The minimum absolute atomic E-state index is 0.219. The van der Waals surface area contributed by atoms with E-state index in [2.05, 4.69) is 21.4 Å². The fraction of sp³-hybridized carbons (Fsp3) is 0.909. The third-order valence-electron chi connectivity index (χ3n) is 10.6. The minimum atomic E-state index is -2.47. The van der Waals surface area contributed by atoms with Crippen molar-refractivity contribution >= 4 is 83.4 Å². The molecule has 0 aromatic heterocycles. The van der Waals surface area contributed by atoms with E-state index < -0.39 is 77.4 Å². The van der Waals surface area contributed by atoms with Crippen molar-refractivity contribution in [3.05, 3.63) is 12.7 Å². The van der Waals surface area contributed by atoms with E-state index in [0.717, 1.165) is 61.7 Å². The molecule has 0 aromatic rings. The fourth-order valence-electron chi connectivity index (χ4n) is 5.50. The summed E-state index contributed by atoms with van der Waals surface area (Å²) in [6.07, 6.45) is 3.21. The van der Waals surface area contributed by atoms with Crippen LogP contribution in [0.1, 0.15) is 47.0 Å². The first-order valence-corrected chi connectivity index (χ1v) is 38.5. The van der Waals surface area contributed by atoms with Crippen LogP contribution in [0.2, 0.25) is 36.3 Å². The van der Waals surface area contributed by atoms with Crippen molar-refractivity contribution in [2.45, 2.75) is 83.2 Å². The predicted octanol–water partition coefficient (Wildman–Crippen LogP) is 3.30. The van der Waals surface area contributed by atoms with Gasteiger partial charge in [-0.25, -0.2) is 4.79 Å². The predicted molar refractivity (Wildman–Crippen MR) is 318 cm³/mol. The zero-order valence-corrected chi connectivity index (χ0v) is 62.1. The number of rotatable bonds is 39. The molecule has 38 heteroatoms. The number of hydrogen-bond acceptors (Lipinski definition) is 30. The molecule has 30 nitrogen and oxygen atoms in total. The van der Waals surface area contributed by atoms with Gasteiger partial charge in [0.25, 0.3) is 0 Å². The number of nitrogens with two attached hydrogens (primary N) is 1. The maximum absolute atomic E-state index is 11.3. The lowest BCUT2D eigenvalue weighted by Crippen LogP contribution is -2.43. The van der Waals surface area contributed by atoms with Crippen molar-refractivity contribution < 1.29 is 126 Å². The second-order valence-corrected chi connectivity index (χ2v) is 34.1. The summed E-state index contributed by atoms with van der Waals surface area (Å²) in [6, 6.07) is 4.79. The van der Waals surface area contributed by atoms with Gasteiger partial charge in [0.1, 0.15) is 13.2 Å². The van der Waals surface area contributed by atoms with Crippen molar-refractivity contribution in [1.82, 2.24) is 5.32 Å². The Morgan fingerprint density at radius 3 is 0.841 bits per heavy atom. The maximum Gasteiger partial charge on any atom is 0.549 e. The average Bonchev–Trinajstić information content (AvgIpc) is 3.52. The van der Waals surface area contributed by atoms with Crippen LogP contribution in [0.15, 0.2) is 12.7 Å². The van der Waals surface area contributed by atoms with Crippen molar-refractivity contribution in [3.63, 3.8) is 0 Å². The molecule has 3 N–H and O–H groups in total. The molecule has 0 amide bonds. The van der Waals surface area contributed by atoms with Gasteiger partial charge in [-0.1, -0.05) is 34.3 Å². The molecule has 0 radical (unpaired) electrons. The SMILES string of the molecule is C=CC(=O)OCCOC.CC[Si](OC)(OC)OC.CC[Si](OC)(OC)OC.CC[Si](OC)(OC)OC.CC[Si](OC)(OC)OC.COCCOC(=O)CCNCCC[Si](OC)(OC)OC.CO[Si](CCCN)(OC)OC.O=[Si]=O.O=[Si]=O. The van der Waals surface area contributed by atoms with Crippen molar-refractivity contribution in [2.75, 3.05) is 188 Å².